The molecule has 0 radical (unpaired) electrons. The number of hydrogen-bond acceptors (Lipinski definition) is 6. The molecule has 8 heteroatoms. The third-order valence-corrected chi connectivity index (χ3v) is 6.55. The number of amides is 2. The second kappa shape index (κ2) is 7.46. The van der Waals surface area contributed by atoms with Gasteiger partial charge in [-0.25, -0.2) is 4.98 Å². The molecule has 1 aliphatic heterocycles. The molecular weight excluding hydrogens is 350 g/mol. The predicted molar refractivity (Wildman–Crippen MR) is 94.4 cm³/mol. The lowest BCUT2D eigenvalue weighted by molar-refractivity contribution is -0.129. The van der Waals surface area contributed by atoms with E-state index < -0.39 is 0 Å². The van der Waals surface area contributed by atoms with Crippen LogP contribution in [-0.4, -0.2) is 58.5 Å². The third-order valence-electron chi connectivity index (χ3n) is 3.57. The molecule has 3 heterocycles. The standard InChI is InChI=1S/C15H17N3O2S3/c1-11-9-22-15(16-11)23-10-13(19)17-4-6-18(7-5-17)14(20)12-3-2-8-21-12/h2-3,8-9H,4-7,10H2,1H3. The summed E-state index contributed by atoms with van der Waals surface area (Å²) in [5.41, 5.74) is 0.991. The van der Waals surface area contributed by atoms with Crippen molar-refractivity contribution >= 4 is 46.2 Å². The van der Waals surface area contributed by atoms with Gasteiger partial charge in [-0.15, -0.1) is 22.7 Å². The van der Waals surface area contributed by atoms with Crippen molar-refractivity contribution in [2.75, 3.05) is 31.9 Å². The number of carbonyl (C=O) groups is 2. The highest BCUT2D eigenvalue weighted by Gasteiger charge is 2.25. The van der Waals surface area contributed by atoms with Gasteiger partial charge in [0.25, 0.3) is 5.91 Å². The number of hydrogen-bond donors (Lipinski definition) is 0. The van der Waals surface area contributed by atoms with Gasteiger partial charge in [-0.1, -0.05) is 17.8 Å². The Morgan fingerprint density at radius 1 is 1.22 bits per heavy atom. The highest BCUT2D eigenvalue weighted by atomic mass is 32.2. The van der Waals surface area contributed by atoms with E-state index in [1.54, 1.807) is 11.3 Å². The van der Waals surface area contributed by atoms with E-state index in [4.69, 9.17) is 0 Å². The first-order valence-corrected chi connectivity index (χ1v) is 10.0. The van der Waals surface area contributed by atoms with Gasteiger partial charge < -0.3 is 9.80 Å². The Hall–Kier alpha value is -1.38. The maximum Gasteiger partial charge on any atom is 0.264 e. The van der Waals surface area contributed by atoms with Crippen molar-refractivity contribution in [2.45, 2.75) is 11.3 Å². The summed E-state index contributed by atoms with van der Waals surface area (Å²) in [5, 5.41) is 3.90. The quantitative estimate of drug-likeness (QED) is 0.780. The van der Waals surface area contributed by atoms with E-state index in [1.165, 1.54) is 23.1 Å². The van der Waals surface area contributed by atoms with Crippen molar-refractivity contribution in [3.63, 3.8) is 0 Å². The van der Waals surface area contributed by atoms with E-state index >= 15 is 0 Å². The first kappa shape index (κ1) is 16.5. The molecule has 0 atom stereocenters. The summed E-state index contributed by atoms with van der Waals surface area (Å²) in [6.45, 7) is 4.36. The molecule has 0 aliphatic carbocycles. The van der Waals surface area contributed by atoms with Crippen LogP contribution in [0, 0.1) is 6.92 Å². The predicted octanol–water partition coefficient (Wildman–Crippen LogP) is 2.59. The van der Waals surface area contributed by atoms with Gasteiger partial charge in [0.1, 0.15) is 0 Å². The number of piperazine rings is 1. The fourth-order valence-corrected chi connectivity index (χ4v) is 4.77. The summed E-state index contributed by atoms with van der Waals surface area (Å²) in [4.78, 5) is 33.3. The summed E-state index contributed by atoms with van der Waals surface area (Å²) in [5.74, 6) is 0.594. The smallest absolute Gasteiger partial charge is 0.264 e. The molecule has 0 bridgehead atoms. The molecule has 3 rings (SSSR count). The lowest BCUT2D eigenvalue weighted by Crippen LogP contribution is -2.50. The van der Waals surface area contributed by atoms with Crippen LogP contribution in [-0.2, 0) is 4.79 Å². The Balaban J connectivity index is 1.46. The zero-order valence-electron chi connectivity index (χ0n) is 12.7. The van der Waals surface area contributed by atoms with Crippen molar-refractivity contribution in [1.29, 1.82) is 0 Å². The number of thiazole rings is 1. The Kier molecular flexibility index (Phi) is 5.34. The van der Waals surface area contributed by atoms with Gasteiger partial charge in [-0.2, -0.15) is 0 Å². The number of carbonyl (C=O) groups excluding carboxylic acids is 2. The first-order valence-electron chi connectivity index (χ1n) is 7.29. The van der Waals surface area contributed by atoms with Gasteiger partial charge in [0.15, 0.2) is 4.34 Å². The van der Waals surface area contributed by atoms with Crippen molar-refractivity contribution in [1.82, 2.24) is 14.8 Å². The highest BCUT2D eigenvalue weighted by molar-refractivity contribution is 8.01. The molecule has 1 fully saturated rings. The number of rotatable bonds is 4. The fourth-order valence-electron chi connectivity index (χ4n) is 2.33. The average molecular weight is 368 g/mol. The lowest BCUT2D eigenvalue weighted by atomic mass is 10.3. The monoisotopic (exact) mass is 367 g/mol. The van der Waals surface area contributed by atoms with E-state index in [0.717, 1.165) is 14.9 Å². The lowest BCUT2D eigenvalue weighted by Gasteiger charge is -2.34. The first-order chi connectivity index (χ1) is 11.1. The van der Waals surface area contributed by atoms with Crippen LogP contribution in [0.3, 0.4) is 0 Å². The van der Waals surface area contributed by atoms with Crippen molar-refractivity contribution in [3.8, 4) is 0 Å². The maximum atomic E-state index is 12.3. The van der Waals surface area contributed by atoms with Crippen molar-refractivity contribution in [3.05, 3.63) is 33.5 Å². The minimum absolute atomic E-state index is 0.0692. The van der Waals surface area contributed by atoms with Crippen LogP contribution in [0.15, 0.2) is 27.2 Å². The summed E-state index contributed by atoms with van der Waals surface area (Å²) >= 11 is 4.51. The van der Waals surface area contributed by atoms with E-state index in [1.807, 2.05) is 39.6 Å². The number of aromatic nitrogens is 1. The second-order valence-electron chi connectivity index (χ2n) is 5.19. The zero-order valence-corrected chi connectivity index (χ0v) is 15.2. The van der Waals surface area contributed by atoms with Gasteiger partial charge in [-0.3, -0.25) is 9.59 Å². The third kappa shape index (κ3) is 4.13. The van der Waals surface area contributed by atoms with Crippen molar-refractivity contribution in [2.24, 2.45) is 0 Å². The number of thioether (sulfide) groups is 1. The number of aryl methyl sites for hydroxylation is 1. The van der Waals surface area contributed by atoms with Crippen LogP contribution in [0.4, 0.5) is 0 Å². The highest BCUT2D eigenvalue weighted by Crippen LogP contribution is 2.23. The minimum Gasteiger partial charge on any atom is -0.338 e. The molecule has 2 amide bonds. The number of nitrogens with zero attached hydrogens (tertiary/aromatic N) is 3. The second-order valence-corrected chi connectivity index (χ2v) is 8.22. The molecule has 0 aromatic carbocycles. The van der Waals surface area contributed by atoms with E-state index in [0.29, 0.717) is 31.9 Å². The minimum atomic E-state index is 0.0692. The van der Waals surface area contributed by atoms with Crippen LogP contribution in [0.1, 0.15) is 15.4 Å². The molecule has 0 unspecified atom stereocenters. The van der Waals surface area contributed by atoms with Gasteiger partial charge in [0, 0.05) is 37.3 Å². The van der Waals surface area contributed by atoms with E-state index in [-0.39, 0.29) is 11.8 Å². The van der Waals surface area contributed by atoms with Crippen LogP contribution in [0.5, 0.6) is 0 Å². The molecule has 1 aliphatic rings. The van der Waals surface area contributed by atoms with Gasteiger partial charge in [0.05, 0.1) is 10.6 Å². The van der Waals surface area contributed by atoms with Gasteiger partial charge in [0.2, 0.25) is 5.91 Å². The average Bonchev–Trinajstić information content (AvgIpc) is 3.24. The molecular formula is C15H17N3O2S3. The van der Waals surface area contributed by atoms with Crippen LogP contribution >= 0.6 is 34.4 Å². The molecule has 2 aromatic heterocycles. The normalized spacial score (nSPS) is 15.0. The fraction of sp³-hybridized carbons (Fsp3) is 0.400. The summed E-state index contributed by atoms with van der Waals surface area (Å²) in [6.07, 6.45) is 0. The Bertz CT molecular complexity index is 676. The summed E-state index contributed by atoms with van der Waals surface area (Å²) < 4.78 is 0.933. The molecule has 23 heavy (non-hydrogen) atoms. The molecule has 0 spiro atoms. The van der Waals surface area contributed by atoms with Crippen LogP contribution < -0.4 is 0 Å². The maximum absolute atomic E-state index is 12.3. The van der Waals surface area contributed by atoms with Crippen molar-refractivity contribution < 1.29 is 9.59 Å². The van der Waals surface area contributed by atoms with Crippen LogP contribution in [0.2, 0.25) is 0 Å². The molecule has 1 saturated heterocycles. The topological polar surface area (TPSA) is 53.5 Å². The molecule has 5 nitrogen and oxygen atoms in total. The largest absolute Gasteiger partial charge is 0.338 e. The SMILES string of the molecule is Cc1csc(SCC(=O)N2CCN(C(=O)c3cccs3)CC2)n1. The number of thiophene rings is 1. The Morgan fingerprint density at radius 3 is 2.57 bits per heavy atom. The summed E-state index contributed by atoms with van der Waals surface area (Å²) in [6, 6.07) is 3.73. The Morgan fingerprint density at radius 2 is 1.96 bits per heavy atom. The van der Waals surface area contributed by atoms with Gasteiger partial charge in [-0.05, 0) is 18.4 Å². The van der Waals surface area contributed by atoms with Gasteiger partial charge >= 0.3 is 0 Å². The Labute approximate surface area is 147 Å². The van der Waals surface area contributed by atoms with E-state index in [9.17, 15) is 9.59 Å². The zero-order chi connectivity index (χ0) is 16.2. The molecule has 122 valence electrons. The summed E-state index contributed by atoms with van der Waals surface area (Å²) in [7, 11) is 0. The van der Waals surface area contributed by atoms with Crippen LogP contribution in [0.25, 0.3) is 0 Å². The van der Waals surface area contributed by atoms with E-state index in [2.05, 4.69) is 4.98 Å². The molecule has 0 N–H and O–H groups in total. The molecule has 2 aromatic rings. The molecule has 0 saturated carbocycles.